The summed E-state index contributed by atoms with van der Waals surface area (Å²) in [5.74, 6) is -1.40. The third kappa shape index (κ3) is 1.98. The third-order valence-electron chi connectivity index (χ3n) is 3.41. The van der Waals surface area contributed by atoms with Gasteiger partial charge in [0.15, 0.2) is 5.69 Å². The van der Waals surface area contributed by atoms with E-state index >= 15 is 0 Å². The van der Waals surface area contributed by atoms with Crippen molar-refractivity contribution in [3.05, 3.63) is 46.5 Å². The van der Waals surface area contributed by atoms with Crippen molar-refractivity contribution in [1.29, 1.82) is 0 Å². The molecule has 3 rings (SSSR count). The van der Waals surface area contributed by atoms with Crippen LogP contribution in [0.5, 0.6) is 0 Å². The van der Waals surface area contributed by atoms with Gasteiger partial charge in [-0.2, -0.15) is 5.10 Å². The molecular weight excluding hydrogens is 263 g/mol. The second-order valence-corrected chi connectivity index (χ2v) is 4.72. The Morgan fingerprint density at radius 3 is 3.00 bits per heavy atom. The first kappa shape index (κ1) is 12.8. The molecule has 0 atom stereocenters. The van der Waals surface area contributed by atoms with Crippen molar-refractivity contribution < 1.29 is 19.0 Å². The lowest BCUT2D eigenvalue weighted by molar-refractivity contribution is 0.0677. The number of carbonyl (C=O) groups is 1. The van der Waals surface area contributed by atoms with E-state index in [1.165, 1.54) is 12.1 Å². The first-order chi connectivity index (χ1) is 9.58. The van der Waals surface area contributed by atoms with Crippen LogP contribution in [-0.2, 0) is 17.8 Å². The van der Waals surface area contributed by atoms with Crippen LogP contribution >= 0.6 is 0 Å². The smallest absolute Gasteiger partial charge is 0.356 e. The minimum Gasteiger partial charge on any atom is -0.476 e. The number of benzene rings is 1. The standard InChI is InChI=1S/C14H13FN2O3/c1-8-6-9(15)2-3-11(8)17-12-4-5-20-7-10(12)13(16-17)14(18)19/h2-3,6H,4-5,7H2,1H3,(H,18,19). The first-order valence-corrected chi connectivity index (χ1v) is 6.26. The van der Waals surface area contributed by atoms with Gasteiger partial charge in [-0.15, -0.1) is 0 Å². The molecule has 1 aromatic carbocycles. The maximum Gasteiger partial charge on any atom is 0.356 e. The fourth-order valence-electron chi connectivity index (χ4n) is 2.46. The van der Waals surface area contributed by atoms with Crippen LogP contribution in [0, 0.1) is 12.7 Å². The molecule has 2 heterocycles. The molecule has 1 aliphatic rings. The lowest BCUT2D eigenvalue weighted by atomic mass is 10.1. The number of carboxylic acids is 1. The monoisotopic (exact) mass is 276 g/mol. The van der Waals surface area contributed by atoms with Crippen LogP contribution in [0.2, 0.25) is 0 Å². The molecule has 0 saturated carbocycles. The molecule has 104 valence electrons. The summed E-state index contributed by atoms with van der Waals surface area (Å²) in [5, 5.41) is 13.4. The SMILES string of the molecule is Cc1cc(F)ccc1-n1nc(C(=O)O)c2c1CCOC2. The van der Waals surface area contributed by atoms with Gasteiger partial charge in [-0.1, -0.05) is 0 Å². The van der Waals surface area contributed by atoms with Gasteiger partial charge >= 0.3 is 5.97 Å². The minimum atomic E-state index is -1.08. The van der Waals surface area contributed by atoms with Crippen molar-refractivity contribution in [2.75, 3.05) is 6.61 Å². The first-order valence-electron chi connectivity index (χ1n) is 6.26. The van der Waals surface area contributed by atoms with E-state index in [1.54, 1.807) is 17.7 Å². The number of aromatic nitrogens is 2. The maximum atomic E-state index is 13.2. The fourth-order valence-corrected chi connectivity index (χ4v) is 2.46. The summed E-state index contributed by atoms with van der Waals surface area (Å²) in [6.07, 6.45) is 0.590. The molecule has 0 bridgehead atoms. The average molecular weight is 276 g/mol. The van der Waals surface area contributed by atoms with Gasteiger partial charge in [0.05, 0.1) is 24.6 Å². The Morgan fingerprint density at radius 2 is 2.30 bits per heavy atom. The van der Waals surface area contributed by atoms with Crippen LogP contribution in [0.15, 0.2) is 18.2 Å². The van der Waals surface area contributed by atoms with Crippen molar-refractivity contribution in [3.63, 3.8) is 0 Å². The van der Waals surface area contributed by atoms with Crippen molar-refractivity contribution in [3.8, 4) is 5.69 Å². The van der Waals surface area contributed by atoms with Gasteiger partial charge in [-0.3, -0.25) is 0 Å². The number of carboxylic acid groups (broad SMARTS) is 1. The van der Waals surface area contributed by atoms with E-state index in [9.17, 15) is 14.3 Å². The second kappa shape index (κ2) is 4.72. The molecule has 0 saturated heterocycles. The van der Waals surface area contributed by atoms with Crippen molar-refractivity contribution in [2.45, 2.75) is 20.0 Å². The summed E-state index contributed by atoms with van der Waals surface area (Å²) in [6, 6.07) is 4.36. The summed E-state index contributed by atoms with van der Waals surface area (Å²) in [5.41, 5.74) is 2.83. The zero-order chi connectivity index (χ0) is 14.3. The lowest BCUT2D eigenvalue weighted by Crippen LogP contribution is -2.14. The number of aryl methyl sites for hydroxylation is 1. The number of nitrogens with zero attached hydrogens (tertiary/aromatic N) is 2. The Kier molecular flexibility index (Phi) is 3.02. The van der Waals surface area contributed by atoms with Gasteiger partial charge in [-0.05, 0) is 30.7 Å². The van der Waals surface area contributed by atoms with E-state index in [0.29, 0.717) is 29.8 Å². The van der Waals surface area contributed by atoms with Crippen LogP contribution < -0.4 is 0 Å². The Hall–Kier alpha value is -2.21. The summed E-state index contributed by atoms with van der Waals surface area (Å²) >= 11 is 0. The van der Waals surface area contributed by atoms with Gasteiger partial charge in [0, 0.05) is 12.0 Å². The summed E-state index contributed by atoms with van der Waals surface area (Å²) in [4.78, 5) is 11.3. The van der Waals surface area contributed by atoms with E-state index in [0.717, 1.165) is 5.69 Å². The number of halogens is 1. The van der Waals surface area contributed by atoms with Gasteiger partial charge in [-0.25, -0.2) is 13.9 Å². The molecule has 1 aliphatic heterocycles. The molecule has 20 heavy (non-hydrogen) atoms. The average Bonchev–Trinajstić information content (AvgIpc) is 2.78. The van der Waals surface area contributed by atoms with Crippen LogP contribution in [0.3, 0.4) is 0 Å². The van der Waals surface area contributed by atoms with E-state index in [1.807, 2.05) is 0 Å². The third-order valence-corrected chi connectivity index (χ3v) is 3.41. The molecule has 2 aromatic rings. The van der Waals surface area contributed by atoms with Crippen molar-refractivity contribution in [1.82, 2.24) is 9.78 Å². The number of ether oxygens (including phenoxy) is 1. The van der Waals surface area contributed by atoms with E-state index in [4.69, 9.17) is 4.74 Å². The Balaban J connectivity index is 2.21. The van der Waals surface area contributed by atoms with Gasteiger partial charge in [0.1, 0.15) is 5.82 Å². The van der Waals surface area contributed by atoms with E-state index in [-0.39, 0.29) is 18.1 Å². The number of rotatable bonds is 2. The highest BCUT2D eigenvalue weighted by Gasteiger charge is 2.26. The molecule has 5 nitrogen and oxygen atoms in total. The van der Waals surface area contributed by atoms with Gasteiger partial charge in [0.2, 0.25) is 0 Å². The second-order valence-electron chi connectivity index (χ2n) is 4.72. The number of fused-ring (bicyclic) bond motifs is 1. The molecule has 6 heteroatoms. The quantitative estimate of drug-likeness (QED) is 0.912. The molecule has 0 fully saturated rings. The van der Waals surface area contributed by atoms with Crippen LogP contribution in [0.25, 0.3) is 5.69 Å². The van der Waals surface area contributed by atoms with Crippen LogP contribution in [-0.4, -0.2) is 27.5 Å². The molecule has 1 aromatic heterocycles. The Labute approximate surface area is 114 Å². The predicted molar refractivity (Wildman–Crippen MR) is 68.6 cm³/mol. The maximum absolute atomic E-state index is 13.2. The molecular formula is C14H13FN2O3. The molecule has 1 N–H and O–H groups in total. The summed E-state index contributed by atoms with van der Waals surface area (Å²) in [6.45, 7) is 2.54. The van der Waals surface area contributed by atoms with Crippen molar-refractivity contribution >= 4 is 5.97 Å². The highest BCUT2D eigenvalue weighted by molar-refractivity contribution is 5.87. The summed E-state index contributed by atoms with van der Waals surface area (Å²) in [7, 11) is 0. The lowest BCUT2D eigenvalue weighted by Gasteiger charge is -2.15. The highest BCUT2D eigenvalue weighted by atomic mass is 19.1. The van der Waals surface area contributed by atoms with Crippen LogP contribution in [0.4, 0.5) is 4.39 Å². The van der Waals surface area contributed by atoms with Crippen molar-refractivity contribution in [2.24, 2.45) is 0 Å². The van der Waals surface area contributed by atoms with E-state index < -0.39 is 5.97 Å². The largest absolute Gasteiger partial charge is 0.476 e. The Bertz CT molecular complexity index is 694. The molecule has 0 unspecified atom stereocenters. The molecule has 0 aliphatic carbocycles. The fraction of sp³-hybridized carbons (Fsp3) is 0.286. The number of hydrogen-bond acceptors (Lipinski definition) is 3. The normalized spacial score (nSPS) is 14.1. The Morgan fingerprint density at radius 1 is 1.50 bits per heavy atom. The van der Waals surface area contributed by atoms with Crippen LogP contribution in [0.1, 0.15) is 27.3 Å². The predicted octanol–water partition coefficient (Wildman–Crippen LogP) is 2.09. The molecule has 0 radical (unpaired) electrons. The zero-order valence-corrected chi connectivity index (χ0v) is 10.9. The molecule has 0 spiro atoms. The topological polar surface area (TPSA) is 64.4 Å². The van der Waals surface area contributed by atoms with E-state index in [2.05, 4.69) is 5.10 Å². The number of hydrogen-bond donors (Lipinski definition) is 1. The van der Waals surface area contributed by atoms with Gasteiger partial charge < -0.3 is 9.84 Å². The molecule has 0 amide bonds. The zero-order valence-electron chi connectivity index (χ0n) is 10.9. The van der Waals surface area contributed by atoms with Gasteiger partial charge in [0.25, 0.3) is 0 Å². The highest BCUT2D eigenvalue weighted by Crippen LogP contribution is 2.25. The number of aromatic carboxylic acids is 1. The minimum absolute atomic E-state index is 0.00317. The summed E-state index contributed by atoms with van der Waals surface area (Å²) < 4.78 is 20.1.